The molecule has 0 aliphatic rings. The monoisotopic (exact) mass is 226 g/mol. The van der Waals surface area contributed by atoms with E-state index in [4.69, 9.17) is 5.11 Å². The number of carboxylic acids is 1. The summed E-state index contributed by atoms with van der Waals surface area (Å²) in [6, 6.07) is 0. The lowest BCUT2D eigenvalue weighted by molar-refractivity contribution is -0.142. The van der Waals surface area contributed by atoms with Gasteiger partial charge in [0.25, 0.3) is 0 Å². The Morgan fingerprint density at radius 1 is 1.53 bits per heavy atom. The molecule has 0 radical (unpaired) electrons. The van der Waals surface area contributed by atoms with Crippen LogP contribution in [0.3, 0.4) is 0 Å². The van der Waals surface area contributed by atoms with Gasteiger partial charge in [-0.2, -0.15) is 18.3 Å². The van der Waals surface area contributed by atoms with Crippen LogP contribution in [0.15, 0.2) is 6.20 Å². The summed E-state index contributed by atoms with van der Waals surface area (Å²) < 4.78 is 49.1. The van der Waals surface area contributed by atoms with Gasteiger partial charge in [0.05, 0.1) is 6.54 Å². The molecule has 0 unspecified atom stereocenters. The maximum Gasteiger partial charge on any atom is 0.436 e. The molecule has 0 atom stereocenters. The fourth-order valence-electron chi connectivity index (χ4n) is 0.988. The molecule has 8 heteroatoms. The maximum atomic E-state index is 12.2. The third-order valence-corrected chi connectivity index (χ3v) is 1.57. The molecule has 1 aromatic heterocycles. The zero-order valence-electron chi connectivity index (χ0n) is 7.25. The number of halogens is 4. The lowest BCUT2D eigenvalue weighted by Gasteiger charge is -2.02. The van der Waals surface area contributed by atoms with Crippen molar-refractivity contribution in [2.24, 2.45) is 0 Å². The van der Waals surface area contributed by atoms with Gasteiger partial charge in [-0.05, 0) is 0 Å². The number of aromatic carboxylic acids is 1. The topological polar surface area (TPSA) is 55.1 Å². The Bertz CT molecular complexity index is 372. The van der Waals surface area contributed by atoms with Crippen molar-refractivity contribution in [1.29, 1.82) is 0 Å². The second kappa shape index (κ2) is 3.87. The van der Waals surface area contributed by atoms with Crippen molar-refractivity contribution >= 4 is 5.97 Å². The van der Waals surface area contributed by atoms with Crippen LogP contribution in [0.4, 0.5) is 17.6 Å². The number of aromatic nitrogens is 2. The molecule has 1 N–H and O–H groups in total. The van der Waals surface area contributed by atoms with Gasteiger partial charge >= 0.3 is 12.1 Å². The highest BCUT2D eigenvalue weighted by Crippen LogP contribution is 2.30. The van der Waals surface area contributed by atoms with Crippen molar-refractivity contribution in [1.82, 2.24) is 9.78 Å². The highest BCUT2D eigenvalue weighted by Gasteiger charge is 2.39. The summed E-state index contributed by atoms with van der Waals surface area (Å²) in [5.41, 5.74) is -2.49. The largest absolute Gasteiger partial charge is 0.478 e. The van der Waals surface area contributed by atoms with E-state index in [0.717, 1.165) is 0 Å². The number of carboxylic acid groups (broad SMARTS) is 1. The van der Waals surface area contributed by atoms with E-state index in [1.54, 1.807) is 0 Å². The van der Waals surface area contributed by atoms with Crippen LogP contribution in [-0.2, 0) is 12.7 Å². The predicted molar refractivity (Wildman–Crippen MR) is 40.2 cm³/mol. The van der Waals surface area contributed by atoms with Crippen LogP contribution in [0.25, 0.3) is 0 Å². The average molecular weight is 226 g/mol. The molecular formula is C7H6F4N2O2. The third-order valence-electron chi connectivity index (χ3n) is 1.57. The number of alkyl halides is 4. The molecule has 0 aliphatic heterocycles. The van der Waals surface area contributed by atoms with E-state index in [0.29, 0.717) is 10.9 Å². The summed E-state index contributed by atoms with van der Waals surface area (Å²) in [5, 5.41) is 11.4. The van der Waals surface area contributed by atoms with E-state index < -0.39 is 36.6 Å². The fraction of sp³-hybridized carbons (Fsp3) is 0.429. The van der Waals surface area contributed by atoms with E-state index in [-0.39, 0.29) is 0 Å². The molecule has 0 spiro atoms. The first-order valence-electron chi connectivity index (χ1n) is 3.80. The summed E-state index contributed by atoms with van der Waals surface area (Å²) in [5.74, 6) is -1.74. The van der Waals surface area contributed by atoms with E-state index in [9.17, 15) is 22.4 Å². The summed E-state index contributed by atoms with van der Waals surface area (Å²) in [6.07, 6.45) is -4.19. The lowest BCUT2D eigenvalue weighted by atomic mass is 10.2. The Morgan fingerprint density at radius 3 is 2.47 bits per heavy atom. The number of rotatable bonds is 3. The number of nitrogens with zero attached hydrogens (tertiary/aromatic N) is 2. The van der Waals surface area contributed by atoms with Crippen LogP contribution in [0, 0.1) is 0 Å². The minimum atomic E-state index is -4.85. The minimum absolute atomic E-state index is 0.406. The minimum Gasteiger partial charge on any atom is -0.478 e. The van der Waals surface area contributed by atoms with E-state index in [1.165, 1.54) is 0 Å². The molecule has 84 valence electrons. The number of hydrogen-bond acceptors (Lipinski definition) is 2. The molecule has 1 aromatic rings. The normalized spacial score (nSPS) is 11.7. The van der Waals surface area contributed by atoms with Crippen molar-refractivity contribution in [3.63, 3.8) is 0 Å². The first-order valence-corrected chi connectivity index (χ1v) is 3.80. The van der Waals surface area contributed by atoms with Crippen LogP contribution >= 0.6 is 0 Å². The van der Waals surface area contributed by atoms with Gasteiger partial charge in [-0.15, -0.1) is 0 Å². The molecular weight excluding hydrogens is 220 g/mol. The number of carbonyl (C=O) groups is 1. The zero-order valence-corrected chi connectivity index (χ0v) is 7.25. The van der Waals surface area contributed by atoms with Gasteiger partial charge in [0.1, 0.15) is 12.2 Å². The highest BCUT2D eigenvalue weighted by molar-refractivity contribution is 5.88. The first kappa shape index (κ1) is 11.5. The average Bonchev–Trinajstić information content (AvgIpc) is 2.48. The molecule has 0 bridgehead atoms. The molecule has 0 aromatic carbocycles. The van der Waals surface area contributed by atoms with Crippen LogP contribution in [0.5, 0.6) is 0 Å². The van der Waals surface area contributed by atoms with Gasteiger partial charge in [0, 0.05) is 6.20 Å². The summed E-state index contributed by atoms with van der Waals surface area (Å²) in [4.78, 5) is 10.4. The van der Waals surface area contributed by atoms with E-state index >= 15 is 0 Å². The van der Waals surface area contributed by atoms with Crippen molar-refractivity contribution in [2.45, 2.75) is 12.7 Å². The molecule has 0 aliphatic carbocycles. The smallest absolute Gasteiger partial charge is 0.436 e. The van der Waals surface area contributed by atoms with Crippen LogP contribution in [-0.4, -0.2) is 27.5 Å². The molecule has 0 saturated heterocycles. The fourth-order valence-corrected chi connectivity index (χ4v) is 0.988. The van der Waals surface area contributed by atoms with Gasteiger partial charge in [0.2, 0.25) is 0 Å². The predicted octanol–water partition coefficient (Wildman–Crippen LogP) is 1.57. The molecule has 15 heavy (non-hydrogen) atoms. The molecule has 0 saturated carbocycles. The molecule has 0 amide bonds. The molecule has 1 rings (SSSR count). The maximum absolute atomic E-state index is 12.2. The Kier molecular flexibility index (Phi) is 2.96. The SMILES string of the molecule is O=C(O)c1cn(CCF)nc1C(F)(F)F. The highest BCUT2D eigenvalue weighted by atomic mass is 19.4. The van der Waals surface area contributed by atoms with Gasteiger partial charge in [0.15, 0.2) is 5.69 Å². The van der Waals surface area contributed by atoms with Crippen LogP contribution in [0.2, 0.25) is 0 Å². The molecule has 1 heterocycles. The Morgan fingerprint density at radius 2 is 2.13 bits per heavy atom. The van der Waals surface area contributed by atoms with E-state index in [2.05, 4.69) is 5.10 Å². The Hall–Kier alpha value is -1.60. The Labute approximate surface area is 81.1 Å². The van der Waals surface area contributed by atoms with Crippen LogP contribution < -0.4 is 0 Å². The Balaban J connectivity index is 3.18. The second-order valence-corrected chi connectivity index (χ2v) is 2.65. The second-order valence-electron chi connectivity index (χ2n) is 2.65. The van der Waals surface area contributed by atoms with Crippen molar-refractivity contribution in [3.05, 3.63) is 17.5 Å². The van der Waals surface area contributed by atoms with Crippen molar-refractivity contribution in [2.75, 3.05) is 6.67 Å². The molecule has 4 nitrogen and oxygen atoms in total. The van der Waals surface area contributed by atoms with Gasteiger partial charge in [-0.25, -0.2) is 9.18 Å². The van der Waals surface area contributed by atoms with Crippen molar-refractivity contribution in [3.8, 4) is 0 Å². The number of hydrogen-bond donors (Lipinski definition) is 1. The standard InChI is InChI=1S/C7H6F4N2O2/c8-1-2-13-3-4(6(14)15)5(12-13)7(9,10)11/h3H,1-2H2,(H,14,15). The van der Waals surface area contributed by atoms with Crippen LogP contribution in [0.1, 0.15) is 16.1 Å². The third kappa shape index (κ3) is 2.45. The van der Waals surface area contributed by atoms with E-state index in [1.807, 2.05) is 0 Å². The van der Waals surface area contributed by atoms with Gasteiger partial charge in [-0.3, -0.25) is 4.68 Å². The lowest BCUT2D eigenvalue weighted by Crippen LogP contribution is -2.12. The summed E-state index contributed by atoms with van der Waals surface area (Å²) >= 11 is 0. The summed E-state index contributed by atoms with van der Waals surface area (Å²) in [7, 11) is 0. The quantitative estimate of drug-likeness (QED) is 0.796. The number of aryl methyl sites for hydroxylation is 1. The van der Waals surface area contributed by atoms with Gasteiger partial charge < -0.3 is 5.11 Å². The zero-order chi connectivity index (χ0) is 11.6. The summed E-state index contributed by atoms with van der Waals surface area (Å²) in [6.45, 7) is -1.33. The van der Waals surface area contributed by atoms with Crippen molar-refractivity contribution < 1.29 is 27.5 Å². The first-order chi connectivity index (χ1) is 6.86. The molecule has 0 fully saturated rings. The van der Waals surface area contributed by atoms with Gasteiger partial charge in [-0.1, -0.05) is 0 Å².